The van der Waals surface area contributed by atoms with Crippen molar-refractivity contribution in [2.24, 2.45) is 50.2 Å². The fraction of sp³-hybridized carbons (Fsp3) is 0.840. The number of allylic oxidation sites excluding steroid dienone is 3. The predicted octanol–water partition coefficient (Wildman–Crippen LogP) is 2.06. The topological polar surface area (TPSA) is 295 Å². The number of esters is 3. The first-order valence-corrected chi connectivity index (χ1v) is 24.4. The van der Waals surface area contributed by atoms with Crippen molar-refractivity contribution in [3.05, 3.63) is 23.3 Å². The van der Waals surface area contributed by atoms with Crippen LogP contribution in [0.25, 0.3) is 0 Å². The second-order valence-electron chi connectivity index (χ2n) is 22.9. The number of fused-ring (bicyclic) bond motifs is 7. The molecular weight excluding hydrogens is 905 g/mol. The van der Waals surface area contributed by atoms with Crippen LogP contribution in [0.3, 0.4) is 0 Å². The van der Waals surface area contributed by atoms with Crippen LogP contribution in [0.5, 0.6) is 0 Å². The van der Waals surface area contributed by atoms with Crippen molar-refractivity contribution in [1.82, 2.24) is 0 Å². The molecule has 0 aromatic rings. The van der Waals surface area contributed by atoms with Crippen molar-refractivity contribution >= 4 is 23.9 Å². The highest BCUT2D eigenvalue weighted by molar-refractivity contribution is 5.88. The molecule has 13 unspecified atom stereocenters. The molecule has 2 saturated heterocycles. The number of carboxylic acids is 1. The zero-order valence-corrected chi connectivity index (χ0v) is 41.5. The van der Waals surface area contributed by atoms with Gasteiger partial charge in [0.25, 0.3) is 0 Å². The minimum absolute atomic E-state index is 0.0167. The molecule has 390 valence electrons. The van der Waals surface area contributed by atoms with Gasteiger partial charge in [-0.3, -0.25) is 9.59 Å². The fourth-order valence-electron chi connectivity index (χ4n) is 14.8. The molecule has 0 radical (unpaired) electrons. The van der Waals surface area contributed by atoms with E-state index in [9.17, 15) is 60.0 Å². The molecule has 19 nitrogen and oxygen atoms in total. The van der Waals surface area contributed by atoms with E-state index in [1.165, 1.54) is 13.8 Å². The average Bonchev–Trinajstić information content (AvgIpc) is 3.27. The lowest BCUT2D eigenvalue weighted by molar-refractivity contribution is -0.358. The largest absolute Gasteiger partial charge is 0.479 e. The molecule has 0 amide bonds. The Balaban J connectivity index is 1.23. The van der Waals surface area contributed by atoms with E-state index >= 15 is 0 Å². The predicted molar refractivity (Wildman–Crippen MR) is 240 cm³/mol. The SMILES string of the molecule is C/C=C(/C)C(=O)O[C@H]1[C@H](OC(C)=O)C(C)(C)CC2C3=CCC4[C@@]5(C)CCC(OC6OC(C(=O)O)C(O)C(OC7OCC(O)C(O)C7O)C6O)[C@@](C)(CO)C5CC[C@@]4(C)[C@]3(C)C[C@@H](OC(C)=O)[C@]21CO. The molecular formula is C50H76O19. The molecule has 2 aliphatic heterocycles. The summed E-state index contributed by atoms with van der Waals surface area (Å²) in [5, 5.41) is 86.9. The lowest BCUT2D eigenvalue weighted by Gasteiger charge is -2.72. The molecule has 0 aromatic carbocycles. The van der Waals surface area contributed by atoms with Crippen LogP contribution >= 0.6 is 0 Å². The third-order valence-corrected chi connectivity index (χ3v) is 18.8. The zero-order chi connectivity index (χ0) is 51.1. The minimum atomic E-state index is -1.97. The average molecular weight is 981 g/mol. The molecule has 7 rings (SSSR count). The number of aliphatic hydroxyl groups is 7. The summed E-state index contributed by atoms with van der Waals surface area (Å²) in [6, 6.07) is 0. The van der Waals surface area contributed by atoms with E-state index in [-0.39, 0.29) is 24.9 Å². The van der Waals surface area contributed by atoms with Crippen molar-refractivity contribution in [2.45, 2.75) is 194 Å². The standard InChI is InChI=1S/C50H76O19/c1-11-23(2)42(62)69-40-39(65-25(4)54)45(5,6)18-27-26-12-13-30-46(7)16-15-31(66-44-36(59)37(35(58)38(68-44)41(60)61)67-43-34(57)33(56)28(55)20-63-43)47(8,21-51)29(46)14-17-48(30,9)49(26,10)19-32(64-24(3)53)50(27,40)22-52/h11-12,27-40,43-44,51-52,55-59H,13-22H2,1-10H3,(H,60,61)/b23-11-/t27?,28?,29?,30?,31?,32-,33?,34?,35?,36?,37?,38?,39+,40+,43?,44?,46+,47+,48-,49-,50+/m1/s1. The van der Waals surface area contributed by atoms with Gasteiger partial charge in [-0.25, -0.2) is 9.59 Å². The normalized spacial score (nSPS) is 48.3. The van der Waals surface area contributed by atoms with Crippen molar-refractivity contribution < 1.29 is 93.2 Å². The van der Waals surface area contributed by atoms with Crippen LogP contribution in [0.1, 0.15) is 114 Å². The van der Waals surface area contributed by atoms with Gasteiger partial charge < -0.3 is 74.0 Å². The summed E-state index contributed by atoms with van der Waals surface area (Å²) in [4.78, 5) is 52.2. The molecule has 8 N–H and O–H groups in total. The van der Waals surface area contributed by atoms with Gasteiger partial charge in [-0.1, -0.05) is 59.3 Å². The lowest BCUT2D eigenvalue weighted by Crippen LogP contribution is -2.73. The Morgan fingerprint density at radius 2 is 1.42 bits per heavy atom. The van der Waals surface area contributed by atoms with Gasteiger partial charge in [0.1, 0.15) is 48.8 Å². The molecule has 69 heavy (non-hydrogen) atoms. The van der Waals surface area contributed by atoms with E-state index in [1.807, 2.05) is 20.8 Å². The van der Waals surface area contributed by atoms with Crippen LogP contribution in [-0.4, -0.2) is 164 Å². The number of carboxylic acid groups (broad SMARTS) is 1. The van der Waals surface area contributed by atoms with E-state index in [1.54, 1.807) is 19.9 Å². The Morgan fingerprint density at radius 3 is 2.01 bits per heavy atom. The monoisotopic (exact) mass is 980 g/mol. The second kappa shape index (κ2) is 19.1. The highest BCUT2D eigenvalue weighted by Gasteiger charge is 2.75. The lowest BCUT2D eigenvalue weighted by atomic mass is 9.33. The first kappa shape index (κ1) is 53.7. The minimum Gasteiger partial charge on any atom is -0.479 e. The number of ether oxygens (including phenoxy) is 7. The Labute approximate surface area is 403 Å². The van der Waals surface area contributed by atoms with Crippen LogP contribution in [-0.2, 0) is 52.3 Å². The first-order valence-electron chi connectivity index (χ1n) is 24.4. The molecule has 7 aliphatic rings. The molecule has 19 heteroatoms. The first-order chi connectivity index (χ1) is 32.1. The number of carbonyl (C=O) groups is 4. The van der Waals surface area contributed by atoms with Crippen LogP contribution in [0.2, 0.25) is 0 Å². The number of carbonyl (C=O) groups excluding carboxylic acids is 3. The van der Waals surface area contributed by atoms with Crippen molar-refractivity contribution in [2.75, 3.05) is 19.8 Å². The van der Waals surface area contributed by atoms with Crippen LogP contribution in [0.15, 0.2) is 23.3 Å². The summed E-state index contributed by atoms with van der Waals surface area (Å²) < 4.78 is 42.1. The van der Waals surface area contributed by atoms with Crippen LogP contribution in [0, 0.1) is 50.2 Å². The van der Waals surface area contributed by atoms with Gasteiger partial charge in [-0.2, -0.15) is 0 Å². The van der Waals surface area contributed by atoms with Crippen LogP contribution in [0.4, 0.5) is 0 Å². The third kappa shape index (κ3) is 8.50. The summed E-state index contributed by atoms with van der Waals surface area (Å²) in [7, 11) is 0. The van der Waals surface area contributed by atoms with E-state index in [0.717, 1.165) is 5.57 Å². The second-order valence-corrected chi connectivity index (χ2v) is 22.9. The Bertz CT molecular complexity index is 2040. The van der Waals surface area contributed by atoms with Crippen molar-refractivity contribution in [1.29, 1.82) is 0 Å². The van der Waals surface area contributed by atoms with Gasteiger partial charge >= 0.3 is 23.9 Å². The maximum atomic E-state index is 13.8. The summed E-state index contributed by atoms with van der Waals surface area (Å²) in [6.45, 7) is 17.1. The van der Waals surface area contributed by atoms with Gasteiger partial charge in [0.2, 0.25) is 0 Å². The molecule has 6 fully saturated rings. The van der Waals surface area contributed by atoms with Crippen molar-refractivity contribution in [3.63, 3.8) is 0 Å². The smallest absolute Gasteiger partial charge is 0.335 e. The maximum absolute atomic E-state index is 13.8. The molecule has 0 bridgehead atoms. The van der Waals surface area contributed by atoms with Gasteiger partial charge in [-0.05, 0) is 92.8 Å². The molecule has 21 atom stereocenters. The fourth-order valence-corrected chi connectivity index (χ4v) is 14.8. The summed E-state index contributed by atoms with van der Waals surface area (Å²) in [6.07, 6.45) is -12.5. The highest BCUT2D eigenvalue weighted by Crippen LogP contribution is 2.76. The van der Waals surface area contributed by atoms with Crippen LogP contribution < -0.4 is 0 Å². The molecule has 0 spiro atoms. The van der Waals surface area contributed by atoms with E-state index < -0.39 is 155 Å². The summed E-state index contributed by atoms with van der Waals surface area (Å²) >= 11 is 0. The number of hydrogen-bond acceptors (Lipinski definition) is 18. The number of aliphatic carboxylic acids is 1. The Morgan fingerprint density at radius 1 is 0.754 bits per heavy atom. The van der Waals surface area contributed by atoms with Gasteiger partial charge in [0.15, 0.2) is 24.8 Å². The summed E-state index contributed by atoms with van der Waals surface area (Å²) in [5.74, 6) is -4.09. The van der Waals surface area contributed by atoms with Crippen molar-refractivity contribution in [3.8, 4) is 0 Å². The van der Waals surface area contributed by atoms with Gasteiger partial charge in [0.05, 0.1) is 31.3 Å². The highest BCUT2D eigenvalue weighted by atomic mass is 16.7. The van der Waals surface area contributed by atoms with E-state index in [0.29, 0.717) is 44.1 Å². The third-order valence-electron chi connectivity index (χ3n) is 18.8. The van der Waals surface area contributed by atoms with E-state index in [2.05, 4.69) is 26.8 Å². The van der Waals surface area contributed by atoms with Gasteiger partial charge in [-0.15, -0.1) is 0 Å². The molecule has 2 heterocycles. The maximum Gasteiger partial charge on any atom is 0.335 e. The Hall–Kier alpha value is -3.08. The zero-order valence-electron chi connectivity index (χ0n) is 41.5. The Kier molecular flexibility index (Phi) is 14.8. The molecule has 5 aliphatic carbocycles. The molecule has 4 saturated carbocycles. The number of hydrogen-bond donors (Lipinski definition) is 8. The van der Waals surface area contributed by atoms with E-state index in [4.69, 9.17) is 33.2 Å². The molecule has 0 aromatic heterocycles. The number of rotatable bonds is 11. The summed E-state index contributed by atoms with van der Waals surface area (Å²) in [5.41, 5.74) is -3.37. The quantitative estimate of drug-likeness (QED) is 0.0483. The number of aliphatic hydroxyl groups excluding tert-OH is 7. The van der Waals surface area contributed by atoms with Gasteiger partial charge in [0, 0.05) is 30.3 Å².